The quantitative estimate of drug-likeness (QED) is 0.713. The topological polar surface area (TPSA) is 57.1 Å². The lowest BCUT2D eigenvalue weighted by Crippen LogP contribution is -2.34. The predicted octanol–water partition coefficient (Wildman–Crippen LogP) is 2.88. The van der Waals surface area contributed by atoms with Crippen LogP contribution in [0.5, 0.6) is 0 Å². The lowest BCUT2D eigenvalue weighted by molar-refractivity contribution is -0.119. The molecule has 0 radical (unpaired) electrons. The molecule has 0 unspecified atom stereocenters. The van der Waals surface area contributed by atoms with E-state index in [0.717, 1.165) is 36.6 Å². The monoisotopic (exact) mass is 302 g/mol. The van der Waals surface area contributed by atoms with Crippen molar-refractivity contribution in [3.63, 3.8) is 0 Å². The Morgan fingerprint density at radius 3 is 2.68 bits per heavy atom. The van der Waals surface area contributed by atoms with Gasteiger partial charge in [-0.05, 0) is 44.4 Å². The fourth-order valence-electron chi connectivity index (χ4n) is 2.06. The van der Waals surface area contributed by atoms with Gasteiger partial charge in [0.05, 0.1) is 17.8 Å². The van der Waals surface area contributed by atoms with Gasteiger partial charge in [-0.15, -0.1) is 0 Å². The van der Waals surface area contributed by atoms with Crippen LogP contribution in [0, 0.1) is 6.92 Å². The van der Waals surface area contributed by atoms with Crippen LogP contribution in [-0.2, 0) is 4.79 Å². The molecule has 1 aromatic carbocycles. The smallest absolute Gasteiger partial charge is 0.225 e. The van der Waals surface area contributed by atoms with E-state index in [4.69, 9.17) is 0 Å². The van der Waals surface area contributed by atoms with Gasteiger partial charge in [0, 0.05) is 19.3 Å². The van der Waals surface area contributed by atoms with Crippen LogP contribution < -0.4 is 5.32 Å². The molecule has 22 heavy (non-hydrogen) atoms. The Morgan fingerprint density at radius 1 is 1.32 bits per heavy atom. The molecule has 0 atom stereocenters. The maximum atomic E-state index is 11.8. The zero-order valence-electron chi connectivity index (χ0n) is 13.8. The Kier molecular flexibility index (Phi) is 8.07. The number of carbonyl (C=O) groups excluding carboxylic acids is 1. The largest absolute Gasteiger partial charge is 0.354 e. The summed E-state index contributed by atoms with van der Waals surface area (Å²) in [4.78, 5) is 22.3. The lowest BCUT2D eigenvalue weighted by atomic mass is 10.2. The van der Waals surface area contributed by atoms with Gasteiger partial charge in [0.2, 0.25) is 5.91 Å². The molecule has 120 valence electrons. The molecule has 0 aliphatic rings. The van der Waals surface area contributed by atoms with Crippen molar-refractivity contribution in [1.82, 2.24) is 10.2 Å². The van der Waals surface area contributed by atoms with Crippen molar-refractivity contribution in [2.75, 3.05) is 26.2 Å². The zero-order valence-corrected chi connectivity index (χ0v) is 13.8. The number of nitrogens with zero attached hydrogens (tertiary/aromatic N) is 3. The highest BCUT2D eigenvalue weighted by atomic mass is 16.1. The number of rotatable bonds is 9. The number of carbonyl (C=O) groups is 1. The lowest BCUT2D eigenvalue weighted by Gasteiger charge is -2.17. The normalized spacial score (nSPS) is 11.1. The number of aliphatic imine (C=N–C) groups is 2. The third-order valence-electron chi connectivity index (χ3n) is 3.45. The van der Waals surface area contributed by atoms with Gasteiger partial charge in [0.25, 0.3) is 0 Å². The van der Waals surface area contributed by atoms with Crippen LogP contribution in [0.25, 0.3) is 0 Å². The van der Waals surface area contributed by atoms with Gasteiger partial charge in [-0.2, -0.15) is 0 Å². The zero-order chi connectivity index (χ0) is 16.4. The molecule has 0 heterocycles. The summed E-state index contributed by atoms with van der Waals surface area (Å²) >= 11 is 0. The first kappa shape index (κ1) is 18.0. The van der Waals surface area contributed by atoms with Crippen LogP contribution in [0.2, 0.25) is 0 Å². The van der Waals surface area contributed by atoms with Gasteiger partial charge < -0.3 is 10.2 Å². The molecule has 0 spiro atoms. The average molecular weight is 302 g/mol. The number of benzene rings is 1. The molecule has 1 amide bonds. The van der Waals surface area contributed by atoms with E-state index in [1.807, 2.05) is 25.1 Å². The summed E-state index contributed by atoms with van der Waals surface area (Å²) in [5, 5.41) is 2.90. The van der Waals surface area contributed by atoms with Crippen LogP contribution in [0.15, 0.2) is 28.2 Å². The summed E-state index contributed by atoms with van der Waals surface area (Å²) in [7, 11) is 0. The van der Waals surface area contributed by atoms with E-state index < -0.39 is 0 Å². The van der Waals surface area contributed by atoms with Crippen LogP contribution in [0.1, 0.15) is 25.8 Å². The number of hydrogen-bond donors (Lipinski definition) is 1. The van der Waals surface area contributed by atoms with Crippen LogP contribution >= 0.6 is 0 Å². The molecule has 1 N–H and O–H groups in total. The molecule has 0 bridgehead atoms. The van der Waals surface area contributed by atoms with Crippen molar-refractivity contribution in [2.24, 2.45) is 9.98 Å². The van der Waals surface area contributed by atoms with Gasteiger partial charge in [-0.1, -0.05) is 19.9 Å². The molecule has 0 aliphatic heterocycles. The highest BCUT2D eigenvalue weighted by molar-refractivity contribution is 5.91. The van der Waals surface area contributed by atoms with Gasteiger partial charge in [-0.3, -0.25) is 14.8 Å². The average Bonchev–Trinajstić information content (AvgIpc) is 2.52. The second-order valence-electron chi connectivity index (χ2n) is 5.04. The van der Waals surface area contributed by atoms with E-state index in [-0.39, 0.29) is 12.3 Å². The van der Waals surface area contributed by atoms with E-state index in [1.165, 1.54) is 0 Å². The molecule has 0 fully saturated rings. The number of likely N-dealkylation sites (N-methyl/N-ethyl adjacent to an activating group) is 1. The number of aryl methyl sites for hydroxylation is 1. The standard InChI is InChI=1S/C17H26N4O/c1-5-21(6-2)12-11-20-17(22)9-10-19-16-13-14(3)7-8-15(16)18-4/h7-8,10,13H,4-6,9,11-12H2,1-3H3,(H,20,22). The molecule has 5 nitrogen and oxygen atoms in total. The Labute approximate surface area is 133 Å². The molecule has 0 aromatic heterocycles. The molecule has 1 rings (SSSR count). The number of amides is 1. The predicted molar refractivity (Wildman–Crippen MR) is 94.0 cm³/mol. The minimum Gasteiger partial charge on any atom is -0.354 e. The molecular formula is C17H26N4O. The summed E-state index contributed by atoms with van der Waals surface area (Å²) < 4.78 is 0. The number of hydrogen-bond acceptors (Lipinski definition) is 4. The maximum absolute atomic E-state index is 11.8. The van der Waals surface area contributed by atoms with Gasteiger partial charge in [0.1, 0.15) is 0 Å². The van der Waals surface area contributed by atoms with E-state index in [9.17, 15) is 4.79 Å². The fourth-order valence-corrected chi connectivity index (χ4v) is 2.06. The van der Waals surface area contributed by atoms with E-state index in [0.29, 0.717) is 6.54 Å². The summed E-state index contributed by atoms with van der Waals surface area (Å²) in [6.45, 7) is 13.3. The minimum absolute atomic E-state index is 0.0170. The first-order valence-corrected chi connectivity index (χ1v) is 7.69. The summed E-state index contributed by atoms with van der Waals surface area (Å²) in [6, 6.07) is 5.76. The Hall–Kier alpha value is -2.01. The van der Waals surface area contributed by atoms with E-state index >= 15 is 0 Å². The Morgan fingerprint density at radius 2 is 2.05 bits per heavy atom. The second kappa shape index (κ2) is 9.84. The molecule has 0 saturated heterocycles. The third kappa shape index (κ3) is 6.18. The summed E-state index contributed by atoms with van der Waals surface area (Å²) in [6.07, 6.45) is 1.89. The summed E-state index contributed by atoms with van der Waals surface area (Å²) in [5.41, 5.74) is 2.57. The van der Waals surface area contributed by atoms with Crippen molar-refractivity contribution in [2.45, 2.75) is 27.2 Å². The minimum atomic E-state index is -0.0170. The van der Waals surface area contributed by atoms with Crippen molar-refractivity contribution in [3.05, 3.63) is 23.8 Å². The van der Waals surface area contributed by atoms with E-state index in [1.54, 1.807) is 6.21 Å². The Balaban J connectivity index is 2.43. The summed E-state index contributed by atoms with van der Waals surface area (Å²) in [5.74, 6) is -0.0170. The number of nitrogens with one attached hydrogen (secondary N) is 1. The molecule has 5 heteroatoms. The highest BCUT2D eigenvalue weighted by Gasteiger charge is 2.02. The highest BCUT2D eigenvalue weighted by Crippen LogP contribution is 2.27. The van der Waals surface area contributed by atoms with Crippen LogP contribution in [0.3, 0.4) is 0 Å². The van der Waals surface area contributed by atoms with Gasteiger partial charge >= 0.3 is 0 Å². The van der Waals surface area contributed by atoms with Crippen LogP contribution in [0.4, 0.5) is 11.4 Å². The fraction of sp³-hybridized carbons (Fsp3) is 0.471. The van der Waals surface area contributed by atoms with Crippen molar-refractivity contribution in [3.8, 4) is 0 Å². The molecule has 0 saturated carbocycles. The van der Waals surface area contributed by atoms with Crippen molar-refractivity contribution in [1.29, 1.82) is 0 Å². The molecular weight excluding hydrogens is 276 g/mol. The first-order chi connectivity index (χ1) is 10.6. The molecule has 1 aromatic rings. The van der Waals surface area contributed by atoms with Gasteiger partial charge in [0.15, 0.2) is 0 Å². The molecule has 0 aliphatic carbocycles. The maximum Gasteiger partial charge on any atom is 0.225 e. The van der Waals surface area contributed by atoms with Crippen molar-refractivity contribution < 1.29 is 4.79 Å². The van der Waals surface area contributed by atoms with E-state index in [2.05, 4.69) is 40.8 Å². The second-order valence-corrected chi connectivity index (χ2v) is 5.04. The Bertz CT molecular complexity index is 521. The first-order valence-electron chi connectivity index (χ1n) is 7.69. The van der Waals surface area contributed by atoms with Gasteiger partial charge in [-0.25, -0.2) is 0 Å². The SMILES string of the molecule is C=Nc1ccc(C)cc1N=CCC(=O)NCCN(CC)CC. The van der Waals surface area contributed by atoms with Crippen molar-refractivity contribution >= 4 is 30.2 Å². The third-order valence-corrected chi connectivity index (χ3v) is 3.45. The van der Waals surface area contributed by atoms with Crippen LogP contribution in [-0.4, -0.2) is 49.9 Å².